The lowest BCUT2D eigenvalue weighted by atomic mass is 10.1. The number of hydrogen-bond acceptors (Lipinski definition) is 5. The molecule has 0 aromatic heterocycles. The quantitative estimate of drug-likeness (QED) is 0.657. The van der Waals surface area contributed by atoms with Gasteiger partial charge in [0, 0.05) is 55.7 Å². The summed E-state index contributed by atoms with van der Waals surface area (Å²) in [6, 6.07) is 14.4. The molecule has 1 atom stereocenters. The summed E-state index contributed by atoms with van der Waals surface area (Å²) in [4.78, 5) is 44.3. The highest BCUT2D eigenvalue weighted by Gasteiger charge is 2.35. The Labute approximate surface area is 204 Å². The Morgan fingerprint density at radius 2 is 1.74 bits per heavy atom. The molecule has 0 aliphatic carbocycles. The van der Waals surface area contributed by atoms with Crippen LogP contribution in [0.15, 0.2) is 48.5 Å². The Kier molecular flexibility index (Phi) is 7.70. The Hall–Kier alpha value is -3.10. The van der Waals surface area contributed by atoms with Crippen LogP contribution in [0.25, 0.3) is 0 Å². The topological polar surface area (TPSA) is 85.0 Å². The minimum absolute atomic E-state index is 0.0732. The van der Waals surface area contributed by atoms with E-state index in [1.54, 1.807) is 4.90 Å². The highest BCUT2D eigenvalue weighted by atomic mass is 35.5. The van der Waals surface area contributed by atoms with Crippen molar-refractivity contribution in [2.45, 2.75) is 19.4 Å². The van der Waals surface area contributed by atoms with Gasteiger partial charge in [-0.3, -0.25) is 19.3 Å². The third kappa shape index (κ3) is 5.87. The first-order valence-corrected chi connectivity index (χ1v) is 11.9. The highest BCUT2D eigenvalue weighted by molar-refractivity contribution is 6.30. The van der Waals surface area contributed by atoms with Crippen LogP contribution in [0.3, 0.4) is 0 Å². The third-order valence-corrected chi connectivity index (χ3v) is 6.62. The van der Waals surface area contributed by atoms with Gasteiger partial charge in [-0.2, -0.15) is 0 Å². The summed E-state index contributed by atoms with van der Waals surface area (Å²) in [6.45, 7) is 6.03. The second kappa shape index (κ2) is 10.9. The number of anilines is 2. The van der Waals surface area contributed by atoms with E-state index in [1.807, 2.05) is 55.5 Å². The van der Waals surface area contributed by atoms with Gasteiger partial charge < -0.3 is 20.4 Å². The van der Waals surface area contributed by atoms with E-state index in [-0.39, 0.29) is 30.7 Å². The van der Waals surface area contributed by atoms with E-state index in [1.165, 1.54) is 0 Å². The van der Waals surface area contributed by atoms with Crippen molar-refractivity contribution >= 4 is 40.7 Å². The lowest BCUT2D eigenvalue weighted by Crippen LogP contribution is -2.60. The molecule has 2 aliphatic heterocycles. The molecule has 2 fully saturated rings. The van der Waals surface area contributed by atoms with Gasteiger partial charge in [0.2, 0.25) is 17.7 Å². The summed E-state index contributed by atoms with van der Waals surface area (Å²) in [5.41, 5.74) is 2.76. The molecule has 8 nitrogen and oxygen atoms in total. The molecule has 0 bridgehead atoms. The lowest BCUT2D eigenvalue weighted by molar-refractivity contribution is -0.145. The first-order valence-electron chi connectivity index (χ1n) is 11.6. The van der Waals surface area contributed by atoms with Crippen LogP contribution in [-0.2, 0) is 14.4 Å². The smallest absolute Gasteiger partial charge is 0.243 e. The van der Waals surface area contributed by atoms with Gasteiger partial charge in [0.05, 0.1) is 13.0 Å². The fourth-order valence-corrected chi connectivity index (χ4v) is 4.53. The zero-order chi connectivity index (χ0) is 24.1. The normalized spacial score (nSPS) is 19.0. The minimum atomic E-state index is -0.805. The molecule has 2 aliphatic rings. The number of hydrogen-bond donors (Lipinski definition) is 2. The second-order valence-corrected chi connectivity index (χ2v) is 9.14. The summed E-state index contributed by atoms with van der Waals surface area (Å²) in [5, 5.41) is 6.36. The number of nitrogens with zero attached hydrogens (tertiary/aromatic N) is 3. The molecule has 9 heteroatoms. The number of aryl methyl sites for hydroxylation is 1. The molecule has 2 heterocycles. The van der Waals surface area contributed by atoms with E-state index in [9.17, 15) is 14.4 Å². The van der Waals surface area contributed by atoms with Gasteiger partial charge in [-0.15, -0.1) is 0 Å². The van der Waals surface area contributed by atoms with E-state index in [2.05, 4.69) is 20.4 Å². The van der Waals surface area contributed by atoms with Crippen molar-refractivity contribution in [2.24, 2.45) is 0 Å². The van der Waals surface area contributed by atoms with Crippen molar-refractivity contribution < 1.29 is 14.4 Å². The maximum Gasteiger partial charge on any atom is 0.243 e. The molecule has 2 N–H and O–H groups in total. The molecule has 2 aromatic rings. The molecular formula is C25H30ClN5O3. The molecule has 3 amide bonds. The SMILES string of the molecule is Cc1ccccc1NC(=O)C[C@H]1C(=O)NCCN1C(=O)CN1CCN(c2ccc(Cl)cc2)CC1. The Balaban J connectivity index is 1.32. The zero-order valence-corrected chi connectivity index (χ0v) is 20.1. The van der Waals surface area contributed by atoms with Crippen LogP contribution in [0.1, 0.15) is 12.0 Å². The monoisotopic (exact) mass is 483 g/mol. The number of piperazine rings is 2. The standard InChI is InChI=1S/C25H30ClN5O3/c1-18-4-2-3-5-21(18)28-23(32)16-22-25(34)27-10-11-31(22)24(33)17-29-12-14-30(15-13-29)20-8-6-19(26)7-9-20/h2-9,22H,10-17H2,1H3,(H,27,34)(H,28,32)/t22-/m0/s1. The maximum atomic E-state index is 13.1. The largest absolute Gasteiger partial charge is 0.369 e. The average Bonchev–Trinajstić information content (AvgIpc) is 2.83. The van der Waals surface area contributed by atoms with Crippen LogP contribution in [-0.4, -0.2) is 79.4 Å². The van der Waals surface area contributed by atoms with Crippen LogP contribution < -0.4 is 15.5 Å². The van der Waals surface area contributed by atoms with E-state index >= 15 is 0 Å². The highest BCUT2D eigenvalue weighted by Crippen LogP contribution is 2.20. The summed E-state index contributed by atoms with van der Waals surface area (Å²) in [5.74, 6) is -0.693. The lowest BCUT2D eigenvalue weighted by Gasteiger charge is -2.39. The molecule has 0 saturated carbocycles. The van der Waals surface area contributed by atoms with Gasteiger partial charge in [0.1, 0.15) is 6.04 Å². The second-order valence-electron chi connectivity index (χ2n) is 8.70. The maximum absolute atomic E-state index is 13.1. The fraction of sp³-hybridized carbons (Fsp3) is 0.400. The number of nitrogens with one attached hydrogen (secondary N) is 2. The number of carbonyl (C=O) groups is 3. The molecular weight excluding hydrogens is 454 g/mol. The van der Waals surface area contributed by atoms with Crippen molar-refractivity contribution in [3.8, 4) is 0 Å². The van der Waals surface area contributed by atoms with Crippen LogP contribution in [0.4, 0.5) is 11.4 Å². The molecule has 2 saturated heterocycles. The predicted molar refractivity (Wildman–Crippen MR) is 133 cm³/mol. The zero-order valence-electron chi connectivity index (χ0n) is 19.3. The molecule has 0 radical (unpaired) electrons. The number of halogens is 1. The number of benzene rings is 2. The van der Waals surface area contributed by atoms with Gasteiger partial charge in [-0.1, -0.05) is 29.8 Å². The molecule has 4 rings (SSSR count). The third-order valence-electron chi connectivity index (χ3n) is 6.37. The number of rotatable bonds is 6. The van der Waals surface area contributed by atoms with Crippen LogP contribution >= 0.6 is 11.6 Å². The van der Waals surface area contributed by atoms with Gasteiger partial charge in [0.25, 0.3) is 0 Å². The minimum Gasteiger partial charge on any atom is -0.369 e. The Bertz CT molecular complexity index is 1040. The Morgan fingerprint density at radius 3 is 2.44 bits per heavy atom. The molecule has 34 heavy (non-hydrogen) atoms. The van der Waals surface area contributed by atoms with Crippen LogP contribution in [0.5, 0.6) is 0 Å². The van der Waals surface area contributed by atoms with Gasteiger partial charge in [-0.25, -0.2) is 0 Å². The van der Waals surface area contributed by atoms with Crippen molar-refractivity contribution in [1.82, 2.24) is 15.1 Å². The average molecular weight is 484 g/mol. The fourth-order valence-electron chi connectivity index (χ4n) is 4.40. The summed E-state index contributed by atoms with van der Waals surface area (Å²) >= 11 is 5.98. The van der Waals surface area contributed by atoms with E-state index in [0.29, 0.717) is 23.8 Å². The number of carbonyl (C=O) groups excluding carboxylic acids is 3. The predicted octanol–water partition coefficient (Wildman–Crippen LogP) is 2.13. The van der Waals surface area contributed by atoms with Crippen molar-refractivity contribution in [2.75, 3.05) is 56.0 Å². The molecule has 0 unspecified atom stereocenters. The molecule has 0 spiro atoms. The van der Waals surface area contributed by atoms with Crippen molar-refractivity contribution in [3.63, 3.8) is 0 Å². The summed E-state index contributed by atoms with van der Waals surface area (Å²) in [6.07, 6.45) is -0.0732. The number of amides is 3. The van der Waals surface area contributed by atoms with Crippen molar-refractivity contribution in [3.05, 3.63) is 59.1 Å². The first kappa shape index (κ1) is 24.0. The summed E-state index contributed by atoms with van der Waals surface area (Å²) < 4.78 is 0. The molecule has 2 aromatic carbocycles. The van der Waals surface area contributed by atoms with Gasteiger partial charge in [-0.05, 0) is 42.8 Å². The van der Waals surface area contributed by atoms with E-state index in [4.69, 9.17) is 11.6 Å². The Morgan fingerprint density at radius 1 is 1.03 bits per heavy atom. The first-order chi connectivity index (χ1) is 16.4. The van der Waals surface area contributed by atoms with Gasteiger partial charge in [0.15, 0.2) is 0 Å². The van der Waals surface area contributed by atoms with Crippen LogP contribution in [0, 0.1) is 6.92 Å². The number of para-hydroxylation sites is 1. The van der Waals surface area contributed by atoms with E-state index in [0.717, 1.165) is 37.4 Å². The molecule has 180 valence electrons. The van der Waals surface area contributed by atoms with E-state index < -0.39 is 6.04 Å². The van der Waals surface area contributed by atoms with Gasteiger partial charge >= 0.3 is 0 Å². The summed E-state index contributed by atoms with van der Waals surface area (Å²) in [7, 11) is 0. The van der Waals surface area contributed by atoms with Crippen molar-refractivity contribution in [1.29, 1.82) is 0 Å². The van der Waals surface area contributed by atoms with Crippen LogP contribution in [0.2, 0.25) is 5.02 Å².